The van der Waals surface area contributed by atoms with E-state index in [0.29, 0.717) is 43.3 Å². The average molecular weight is 384 g/mol. The molecule has 0 radical (unpaired) electrons. The maximum absolute atomic E-state index is 12.4. The third-order valence-corrected chi connectivity index (χ3v) is 4.54. The zero-order valence-corrected chi connectivity index (χ0v) is 16.0. The molecule has 0 unspecified atom stereocenters. The maximum atomic E-state index is 12.4. The molecule has 0 aromatic heterocycles. The highest BCUT2D eigenvalue weighted by Gasteiger charge is 2.20. The smallest absolute Gasteiger partial charge is 0.337 e. The molecule has 3 rings (SSSR count). The van der Waals surface area contributed by atoms with Gasteiger partial charge >= 0.3 is 5.97 Å². The van der Waals surface area contributed by atoms with Crippen LogP contribution in [0, 0.1) is 6.92 Å². The first kappa shape index (κ1) is 19.9. The lowest BCUT2D eigenvalue weighted by Gasteiger charge is -2.29. The van der Waals surface area contributed by atoms with Gasteiger partial charge in [-0.15, -0.1) is 0 Å². The Labute approximate surface area is 163 Å². The summed E-state index contributed by atoms with van der Waals surface area (Å²) in [5, 5.41) is 12.4. The molecule has 1 saturated heterocycles. The fraction of sp³-hybridized carbons (Fsp3) is 0.333. The average Bonchev–Trinajstić information content (AvgIpc) is 2.68. The second-order valence-electron chi connectivity index (χ2n) is 6.81. The van der Waals surface area contributed by atoms with E-state index in [4.69, 9.17) is 9.47 Å². The van der Waals surface area contributed by atoms with Crippen molar-refractivity contribution in [1.29, 1.82) is 0 Å². The molecule has 0 spiro atoms. The molecule has 28 heavy (non-hydrogen) atoms. The van der Waals surface area contributed by atoms with E-state index >= 15 is 0 Å². The van der Waals surface area contributed by atoms with Crippen LogP contribution in [0.25, 0.3) is 0 Å². The van der Waals surface area contributed by atoms with Crippen molar-refractivity contribution >= 4 is 23.3 Å². The van der Waals surface area contributed by atoms with Gasteiger partial charge in [-0.2, -0.15) is 0 Å². The molecule has 1 atom stereocenters. The number of hydrogen-bond donors (Lipinski definition) is 2. The lowest BCUT2D eigenvalue weighted by Crippen LogP contribution is -2.38. The molecule has 1 aliphatic heterocycles. The minimum atomic E-state index is -1.06. The number of carboxylic acid groups (broad SMARTS) is 1. The van der Waals surface area contributed by atoms with Crippen LogP contribution in [0.1, 0.15) is 26.3 Å². The van der Waals surface area contributed by atoms with Gasteiger partial charge in [0.1, 0.15) is 0 Å². The summed E-state index contributed by atoms with van der Waals surface area (Å²) in [6, 6.07) is 12.1. The Morgan fingerprint density at radius 1 is 1.21 bits per heavy atom. The number of carbonyl (C=O) groups is 2. The standard InChI is InChI=1S/C21H24N2O5/c1-14-4-3-5-15(10-14)20(24)22-16-6-7-19(18(11-16)21(25)26)23(2)12-17-13-27-8-9-28-17/h3-7,10-11,17H,8-9,12-13H2,1-2H3,(H,22,24)(H,25,26)/t17-/m0/s1. The quantitative estimate of drug-likeness (QED) is 0.796. The van der Waals surface area contributed by atoms with Crippen molar-refractivity contribution in [3.8, 4) is 0 Å². The van der Waals surface area contributed by atoms with Gasteiger partial charge in [-0.05, 0) is 37.3 Å². The van der Waals surface area contributed by atoms with Crippen molar-refractivity contribution in [2.24, 2.45) is 0 Å². The molecule has 1 heterocycles. The van der Waals surface area contributed by atoms with Crippen LogP contribution in [-0.2, 0) is 9.47 Å². The topological polar surface area (TPSA) is 88.1 Å². The predicted octanol–water partition coefficient (Wildman–Crippen LogP) is 2.80. The summed E-state index contributed by atoms with van der Waals surface area (Å²) < 4.78 is 11.0. The molecule has 7 nitrogen and oxygen atoms in total. The van der Waals surface area contributed by atoms with Crippen molar-refractivity contribution < 1.29 is 24.2 Å². The van der Waals surface area contributed by atoms with Crippen LogP contribution in [0.5, 0.6) is 0 Å². The van der Waals surface area contributed by atoms with Gasteiger partial charge in [-0.25, -0.2) is 4.79 Å². The minimum absolute atomic E-state index is 0.110. The number of nitrogens with zero attached hydrogens (tertiary/aromatic N) is 1. The van der Waals surface area contributed by atoms with Gasteiger partial charge < -0.3 is 24.8 Å². The molecule has 1 fully saturated rings. The number of amides is 1. The number of hydrogen-bond acceptors (Lipinski definition) is 5. The van der Waals surface area contributed by atoms with Gasteiger partial charge in [-0.1, -0.05) is 17.7 Å². The summed E-state index contributed by atoms with van der Waals surface area (Å²) in [6.45, 7) is 4.02. The molecule has 0 aliphatic carbocycles. The molecule has 2 N–H and O–H groups in total. The summed E-state index contributed by atoms with van der Waals surface area (Å²) in [7, 11) is 1.81. The van der Waals surface area contributed by atoms with Gasteiger partial charge in [0.05, 0.1) is 37.2 Å². The Morgan fingerprint density at radius 3 is 2.71 bits per heavy atom. The van der Waals surface area contributed by atoms with Crippen LogP contribution < -0.4 is 10.2 Å². The Morgan fingerprint density at radius 2 is 2.04 bits per heavy atom. The Bertz CT molecular complexity index is 862. The summed E-state index contributed by atoms with van der Waals surface area (Å²) in [5.74, 6) is -1.34. The largest absolute Gasteiger partial charge is 0.478 e. The van der Waals surface area contributed by atoms with E-state index in [2.05, 4.69) is 5.32 Å². The van der Waals surface area contributed by atoms with Gasteiger partial charge in [0.15, 0.2) is 0 Å². The number of carbonyl (C=O) groups excluding carboxylic acids is 1. The highest BCUT2D eigenvalue weighted by Crippen LogP contribution is 2.25. The zero-order valence-electron chi connectivity index (χ0n) is 16.0. The highest BCUT2D eigenvalue weighted by molar-refractivity contribution is 6.05. The number of ether oxygens (including phenoxy) is 2. The van der Waals surface area contributed by atoms with Crippen molar-refractivity contribution in [3.63, 3.8) is 0 Å². The number of nitrogens with one attached hydrogen (secondary N) is 1. The first-order chi connectivity index (χ1) is 13.4. The highest BCUT2D eigenvalue weighted by atomic mass is 16.6. The van der Waals surface area contributed by atoms with E-state index in [1.54, 1.807) is 24.3 Å². The van der Waals surface area contributed by atoms with Crippen LogP contribution in [0.2, 0.25) is 0 Å². The van der Waals surface area contributed by atoms with Crippen LogP contribution in [-0.4, -0.2) is 56.5 Å². The molecule has 2 aromatic carbocycles. The van der Waals surface area contributed by atoms with E-state index < -0.39 is 5.97 Å². The molecule has 1 aliphatic rings. The predicted molar refractivity (Wildman–Crippen MR) is 106 cm³/mol. The monoisotopic (exact) mass is 384 g/mol. The van der Waals surface area contributed by atoms with Crippen molar-refractivity contribution in [3.05, 3.63) is 59.2 Å². The molecule has 2 aromatic rings. The number of rotatable bonds is 6. The number of likely N-dealkylation sites (N-methyl/N-ethyl adjacent to an activating group) is 1. The van der Waals surface area contributed by atoms with Crippen molar-refractivity contribution in [1.82, 2.24) is 0 Å². The Hall–Kier alpha value is -2.90. The van der Waals surface area contributed by atoms with E-state index in [0.717, 1.165) is 5.56 Å². The maximum Gasteiger partial charge on any atom is 0.337 e. The third-order valence-electron chi connectivity index (χ3n) is 4.54. The van der Waals surface area contributed by atoms with Crippen LogP contribution in [0.4, 0.5) is 11.4 Å². The molecule has 1 amide bonds. The van der Waals surface area contributed by atoms with Gasteiger partial charge in [-0.3, -0.25) is 4.79 Å². The fourth-order valence-corrected chi connectivity index (χ4v) is 3.15. The number of carboxylic acids is 1. The van der Waals surface area contributed by atoms with Crippen LogP contribution in [0.3, 0.4) is 0 Å². The van der Waals surface area contributed by atoms with E-state index in [1.807, 2.05) is 31.0 Å². The number of aryl methyl sites for hydroxylation is 1. The number of benzene rings is 2. The van der Waals surface area contributed by atoms with E-state index in [9.17, 15) is 14.7 Å². The summed E-state index contributed by atoms with van der Waals surface area (Å²) in [5.41, 5.74) is 2.59. The van der Waals surface area contributed by atoms with Gasteiger partial charge in [0, 0.05) is 24.8 Å². The molecule has 7 heteroatoms. The molecular formula is C21H24N2O5. The zero-order chi connectivity index (χ0) is 20.1. The van der Waals surface area contributed by atoms with Gasteiger partial charge in [0.25, 0.3) is 5.91 Å². The first-order valence-electron chi connectivity index (χ1n) is 9.10. The normalized spacial score (nSPS) is 16.4. The molecule has 0 saturated carbocycles. The van der Waals surface area contributed by atoms with Crippen molar-refractivity contribution in [2.45, 2.75) is 13.0 Å². The van der Waals surface area contributed by atoms with Crippen molar-refractivity contribution in [2.75, 3.05) is 43.6 Å². The van der Waals surface area contributed by atoms with Crippen LogP contribution in [0.15, 0.2) is 42.5 Å². The Balaban J connectivity index is 1.76. The second kappa shape index (κ2) is 8.86. The third kappa shape index (κ3) is 4.88. The lowest BCUT2D eigenvalue weighted by molar-refractivity contribution is -0.0837. The fourth-order valence-electron chi connectivity index (χ4n) is 3.15. The minimum Gasteiger partial charge on any atom is -0.478 e. The molecule has 148 valence electrons. The van der Waals surface area contributed by atoms with E-state index in [-0.39, 0.29) is 17.6 Å². The Kier molecular flexibility index (Phi) is 6.28. The van der Waals surface area contributed by atoms with E-state index in [1.165, 1.54) is 6.07 Å². The lowest BCUT2D eigenvalue weighted by atomic mass is 10.1. The number of aromatic carboxylic acids is 1. The SMILES string of the molecule is Cc1cccc(C(=O)Nc2ccc(N(C)C[C@H]3COCCO3)c(C(=O)O)c2)c1. The van der Waals surface area contributed by atoms with Crippen LogP contribution >= 0.6 is 0 Å². The number of anilines is 2. The first-order valence-corrected chi connectivity index (χ1v) is 9.10. The second-order valence-corrected chi connectivity index (χ2v) is 6.81. The summed E-state index contributed by atoms with van der Waals surface area (Å²) in [6.07, 6.45) is -0.110. The summed E-state index contributed by atoms with van der Waals surface area (Å²) in [4.78, 5) is 26.0. The molecular weight excluding hydrogens is 360 g/mol. The molecule has 0 bridgehead atoms. The summed E-state index contributed by atoms with van der Waals surface area (Å²) >= 11 is 0. The van der Waals surface area contributed by atoms with Gasteiger partial charge in [0.2, 0.25) is 0 Å².